The first kappa shape index (κ1) is 17.5. The minimum Gasteiger partial charge on any atom is -0.365 e. The molecular formula is C18H18N4OS3. The van der Waals surface area contributed by atoms with Crippen LogP contribution in [0.1, 0.15) is 17.4 Å². The maximum absolute atomic E-state index is 12.6. The largest absolute Gasteiger partial charge is 0.365 e. The molecule has 1 aliphatic heterocycles. The molecule has 0 saturated heterocycles. The zero-order valence-electron chi connectivity index (χ0n) is 14.2. The SMILES string of the molecule is C[C@H](Sc1nncs1)C(=O)Nc1ccccc1N1CCc2sccc2C1. The van der Waals surface area contributed by atoms with Crippen LogP contribution < -0.4 is 10.2 Å². The van der Waals surface area contributed by atoms with Gasteiger partial charge in [0.15, 0.2) is 4.34 Å². The molecule has 1 N–H and O–H groups in total. The maximum atomic E-state index is 12.6. The Balaban J connectivity index is 1.48. The van der Waals surface area contributed by atoms with Crippen LogP contribution in [0, 0.1) is 0 Å². The highest BCUT2D eigenvalue weighted by atomic mass is 32.2. The predicted octanol–water partition coefficient (Wildman–Crippen LogP) is 4.28. The molecule has 1 aromatic carbocycles. The molecule has 5 nitrogen and oxygen atoms in total. The van der Waals surface area contributed by atoms with E-state index in [4.69, 9.17) is 0 Å². The van der Waals surface area contributed by atoms with E-state index in [0.717, 1.165) is 35.2 Å². The molecule has 0 aliphatic carbocycles. The number of nitrogens with one attached hydrogen (secondary N) is 1. The zero-order valence-corrected chi connectivity index (χ0v) is 16.7. The second kappa shape index (κ2) is 7.77. The molecule has 0 fully saturated rings. The van der Waals surface area contributed by atoms with Crippen molar-refractivity contribution in [3.05, 3.63) is 51.7 Å². The second-order valence-corrected chi connectivity index (χ2v) is 9.43. The topological polar surface area (TPSA) is 58.1 Å². The van der Waals surface area contributed by atoms with Gasteiger partial charge in [-0.25, -0.2) is 0 Å². The Bertz CT molecular complexity index is 893. The molecule has 0 spiro atoms. The van der Waals surface area contributed by atoms with Crippen LogP contribution in [0.15, 0.2) is 45.6 Å². The lowest BCUT2D eigenvalue weighted by Gasteiger charge is -2.31. The molecule has 1 atom stereocenters. The van der Waals surface area contributed by atoms with Crippen molar-refractivity contribution in [2.45, 2.75) is 29.5 Å². The van der Waals surface area contributed by atoms with Crippen molar-refractivity contribution in [3.63, 3.8) is 0 Å². The lowest BCUT2D eigenvalue weighted by molar-refractivity contribution is -0.115. The Labute approximate surface area is 164 Å². The van der Waals surface area contributed by atoms with Gasteiger partial charge in [-0.1, -0.05) is 35.2 Å². The van der Waals surface area contributed by atoms with Crippen molar-refractivity contribution in [1.82, 2.24) is 10.2 Å². The van der Waals surface area contributed by atoms with Crippen LogP contribution >= 0.6 is 34.4 Å². The van der Waals surface area contributed by atoms with E-state index in [1.807, 2.05) is 36.5 Å². The zero-order chi connectivity index (χ0) is 17.9. The molecule has 1 amide bonds. The Kier molecular flexibility index (Phi) is 5.23. The van der Waals surface area contributed by atoms with Crippen molar-refractivity contribution in [2.24, 2.45) is 0 Å². The molecule has 26 heavy (non-hydrogen) atoms. The molecular weight excluding hydrogens is 384 g/mol. The highest BCUT2D eigenvalue weighted by molar-refractivity contribution is 8.02. The van der Waals surface area contributed by atoms with E-state index in [9.17, 15) is 4.79 Å². The number of amides is 1. The number of hydrogen-bond donors (Lipinski definition) is 1. The van der Waals surface area contributed by atoms with Gasteiger partial charge in [0.05, 0.1) is 16.6 Å². The summed E-state index contributed by atoms with van der Waals surface area (Å²) in [5.74, 6) is -0.0223. The third-order valence-corrected chi connectivity index (χ3v) is 7.23. The third kappa shape index (κ3) is 3.77. The van der Waals surface area contributed by atoms with Crippen molar-refractivity contribution >= 4 is 51.7 Å². The van der Waals surface area contributed by atoms with E-state index < -0.39 is 0 Å². The Morgan fingerprint density at radius 2 is 2.19 bits per heavy atom. The van der Waals surface area contributed by atoms with E-state index >= 15 is 0 Å². The van der Waals surface area contributed by atoms with Crippen LogP contribution in [-0.2, 0) is 17.8 Å². The number of para-hydroxylation sites is 2. The van der Waals surface area contributed by atoms with E-state index in [-0.39, 0.29) is 11.2 Å². The normalized spacial score (nSPS) is 14.7. The van der Waals surface area contributed by atoms with Crippen LogP contribution in [0.2, 0.25) is 0 Å². The van der Waals surface area contributed by atoms with Gasteiger partial charge in [0, 0.05) is 18.0 Å². The number of anilines is 2. The highest BCUT2D eigenvalue weighted by Gasteiger charge is 2.22. The summed E-state index contributed by atoms with van der Waals surface area (Å²) in [7, 11) is 0. The number of carbonyl (C=O) groups excluding carboxylic acids is 1. The van der Waals surface area contributed by atoms with Crippen molar-refractivity contribution < 1.29 is 4.79 Å². The summed E-state index contributed by atoms with van der Waals surface area (Å²) < 4.78 is 0.807. The van der Waals surface area contributed by atoms with Crippen LogP contribution in [0.3, 0.4) is 0 Å². The Morgan fingerprint density at radius 3 is 3.04 bits per heavy atom. The van der Waals surface area contributed by atoms with Gasteiger partial charge in [-0.15, -0.1) is 21.5 Å². The van der Waals surface area contributed by atoms with E-state index in [1.165, 1.54) is 33.5 Å². The van der Waals surface area contributed by atoms with Crippen LogP contribution in [0.5, 0.6) is 0 Å². The Hall–Kier alpha value is -1.90. The minimum atomic E-state index is -0.235. The van der Waals surface area contributed by atoms with Gasteiger partial charge in [0.2, 0.25) is 5.91 Å². The summed E-state index contributed by atoms with van der Waals surface area (Å²) in [6.07, 6.45) is 1.05. The average molecular weight is 403 g/mol. The molecule has 0 saturated carbocycles. The van der Waals surface area contributed by atoms with Gasteiger partial charge in [-0.2, -0.15) is 0 Å². The lowest BCUT2D eigenvalue weighted by atomic mass is 10.1. The number of nitrogens with zero attached hydrogens (tertiary/aromatic N) is 3. The molecule has 134 valence electrons. The summed E-state index contributed by atoms with van der Waals surface area (Å²) in [6, 6.07) is 10.2. The monoisotopic (exact) mass is 402 g/mol. The number of rotatable bonds is 5. The minimum absolute atomic E-state index is 0.0223. The molecule has 2 aromatic heterocycles. The first-order valence-electron chi connectivity index (χ1n) is 8.33. The predicted molar refractivity (Wildman–Crippen MR) is 109 cm³/mol. The number of carbonyl (C=O) groups is 1. The lowest BCUT2D eigenvalue weighted by Crippen LogP contribution is -2.31. The molecule has 8 heteroatoms. The number of thiophene rings is 1. The average Bonchev–Trinajstić information content (AvgIpc) is 3.33. The molecule has 0 unspecified atom stereocenters. The van der Waals surface area contributed by atoms with E-state index in [0.29, 0.717) is 0 Å². The number of fused-ring (bicyclic) bond motifs is 1. The standard InChI is InChI=1S/C18H18N4OS3/c1-12(26-18-21-19-11-25-18)17(23)20-14-4-2-3-5-15(14)22-8-6-16-13(10-22)7-9-24-16/h2-5,7,9,11-12H,6,8,10H2,1H3,(H,20,23)/t12-/m0/s1. The fraction of sp³-hybridized carbons (Fsp3) is 0.278. The fourth-order valence-electron chi connectivity index (χ4n) is 2.96. The first-order valence-corrected chi connectivity index (χ1v) is 11.0. The summed E-state index contributed by atoms with van der Waals surface area (Å²) in [6.45, 7) is 3.75. The van der Waals surface area contributed by atoms with Crippen LogP contribution in [0.4, 0.5) is 11.4 Å². The highest BCUT2D eigenvalue weighted by Crippen LogP contribution is 2.33. The van der Waals surface area contributed by atoms with Gasteiger partial charge < -0.3 is 10.2 Å². The second-order valence-electron chi connectivity index (χ2n) is 6.01. The van der Waals surface area contributed by atoms with Gasteiger partial charge in [0.25, 0.3) is 0 Å². The summed E-state index contributed by atoms with van der Waals surface area (Å²) >= 11 is 4.71. The van der Waals surface area contributed by atoms with Gasteiger partial charge in [0.1, 0.15) is 5.51 Å². The first-order chi connectivity index (χ1) is 12.7. The van der Waals surface area contributed by atoms with Crippen LogP contribution in [0.25, 0.3) is 0 Å². The van der Waals surface area contributed by atoms with Crippen molar-refractivity contribution in [3.8, 4) is 0 Å². The molecule has 4 rings (SSSR count). The number of aromatic nitrogens is 2. The van der Waals surface area contributed by atoms with E-state index in [2.05, 4.69) is 37.9 Å². The van der Waals surface area contributed by atoms with Crippen molar-refractivity contribution in [2.75, 3.05) is 16.8 Å². The summed E-state index contributed by atoms with van der Waals surface area (Å²) in [4.78, 5) is 16.5. The molecule has 1 aliphatic rings. The smallest absolute Gasteiger partial charge is 0.237 e. The third-order valence-electron chi connectivity index (χ3n) is 4.30. The molecule has 0 radical (unpaired) electrons. The molecule has 3 heterocycles. The summed E-state index contributed by atoms with van der Waals surface area (Å²) in [5, 5.41) is 12.8. The maximum Gasteiger partial charge on any atom is 0.237 e. The quantitative estimate of drug-likeness (QED) is 0.646. The number of benzene rings is 1. The van der Waals surface area contributed by atoms with Crippen molar-refractivity contribution in [1.29, 1.82) is 0 Å². The fourth-order valence-corrected chi connectivity index (χ4v) is 5.48. The van der Waals surface area contributed by atoms with Gasteiger partial charge in [-0.05, 0) is 42.5 Å². The number of hydrogen-bond acceptors (Lipinski definition) is 7. The van der Waals surface area contributed by atoms with E-state index in [1.54, 1.807) is 5.51 Å². The van der Waals surface area contributed by atoms with Crippen LogP contribution in [-0.4, -0.2) is 27.9 Å². The Morgan fingerprint density at radius 1 is 1.31 bits per heavy atom. The summed E-state index contributed by atoms with van der Waals surface area (Å²) in [5.41, 5.74) is 5.01. The van der Waals surface area contributed by atoms with Gasteiger partial charge >= 0.3 is 0 Å². The van der Waals surface area contributed by atoms with Gasteiger partial charge in [-0.3, -0.25) is 4.79 Å². The number of thioether (sulfide) groups is 1. The molecule has 3 aromatic rings. The molecule has 0 bridgehead atoms.